The van der Waals surface area contributed by atoms with Crippen molar-refractivity contribution in [2.75, 3.05) is 10.6 Å². The molecular weight excluding hydrogens is 405 g/mol. The van der Waals surface area contributed by atoms with Crippen LogP contribution in [0.1, 0.15) is 36.8 Å². The van der Waals surface area contributed by atoms with Crippen molar-refractivity contribution in [1.29, 1.82) is 0 Å². The van der Waals surface area contributed by atoms with E-state index in [0.717, 1.165) is 30.4 Å². The summed E-state index contributed by atoms with van der Waals surface area (Å²) in [6, 6.07) is 14.3. The zero-order valence-corrected chi connectivity index (χ0v) is 17.0. The van der Waals surface area contributed by atoms with E-state index in [1.165, 1.54) is 12.8 Å². The predicted octanol–water partition coefficient (Wildman–Crippen LogP) is 6.61. The van der Waals surface area contributed by atoms with Crippen LogP contribution >= 0.6 is 0 Å². The molecule has 0 saturated heterocycles. The normalized spacial score (nSPS) is 14.5. The fraction of sp³-hybridized carbons (Fsp3) is 0.304. The number of rotatable bonds is 6. The van der Waals surface area contributed by atoms with Gasteiger partial charge in [-0.25, -0.2) is 4.98 Å². The molecule has 0 bridgehead atoms. The van der Waals surface area contributed by atoms with Crippen LogP contribution in [0.25, 0.3) is 0 Å². The first kappa shape index (κ1) is 21.0. The van der Waals surface area contributed by atoms with Crippen LogP contribution in [-0.4, -0.2) is 16.1 Å². The molecule has 0 atom stereocenters. The van der Waals surface area contributed by atoms with Crippen LogP contribution in [0.5, 0.6) is 5.75 Å². The van der Waals surface area contributed by atoms with Gasteiger partial charge < -0.3 is 15.4 Å². The number of alkyl halides is 3. The summed E-state index contributed by atoms with van der Waals surface area (Å²) in [5, 5.41) is 5.70. The minimum Gasteiger partial charge on any atom is -0.490 e. The molecule has 1 aromatic heterocycles. The summed E-state index contributed by atoms with van der Waals surface area (Å²) in [4.78, 5) is 7.92. The lowest BCUT2D eigenvalue weighted by Gasteiger charge is -2.15. The number of halogens is 3. The average Bonchev–Trinajstić information content (AvgIpc) is 3.24. The number of ether oxygens (including phenoxy) is 1. The Bertz CT molecular complexity index is 1010. The van der Waals surface area contributed by atoms with Crippen molar-refractivity contribution in [3.05, 3.63) is 65.9 Å². The molecule has 1 aliphatic carbocycles. The van der Waals surface area contributed by atoms with E-state index in [0.29, 0.717) is 11.4 Å². The van der Waals surface area contributed by atoms with Crippen molar-refractivity contribution in [2.45, 2.75) is 44.9 Å². The first-order valence-corrected chi connectivity index (χ1v) is 10.2. The third-order valence-corrected chi connectivity index (χ3v) is 5.12. The molecule has 0 amide bonds. The summed E-state index contributed by atoms with van der Waals surface area (Å²) in [5.74, 6) is 0.523. The second kappa shape index (κ2) is 8.83. The molecule has 2 aromatic carbocycles. The van der Waals surface area contributed by atoms with Crippen molar-refractivity contribution >= 4 is 23.1 Å². The first-order chi connectivity index (χ1) is 14.9. The van der Waals surface area contributed by atoms with Gasteiger partial charge in [0.2, 0.25) is 5.95 Å². The van der Waals surface area contributed by atoms with Gasteiger partial charge in [-0.05, 0) is 69.0 Å². The molecule has 1 saturated carbocycles. The summed E-state index contributed by atoms with van der Waals surface area (Å²) < 4.78 is 46.2. The van der Waals surface area contributed by atoms with Crippen LogP contribution in [0.3, 0.4) is 0 Å². The van der Waals surface area contributed by atoms with E-state index < -0.39 is 11.7 Å². The Hall–Kier alpha value is -3.29. The molecule has 0 spiro atoms. The van der Waals surface area contributed by atoms with Gasteiger partial charge in [-0.2, -0.15) is 18.2 Å². The van der Waals surface area contributed by atoms with E-state index in [9.17, 15) is 13.2 Å². The largest absolute Gasteiger partial charge is 0.490 e. The lowest BCUT2D eigenvalue weighted by atomic mass is 10.2. The number of nitrogens with zero attached hydrogens (tertiary/aromatic N) is 2. The number of benzene rings is 2. The molecular formula is C23H23F3N4O. The van der Waals surface area contributed by atoms with Crippen LogP contribution < -0.4 is 15.4 Å². The van der Waals surface area contributed by atoms with Gasteiger partial charge in [0.05, 0.1) is 6.10 Å². The average molecular weight is 428 g/mol. The lowest BCUT2D eigenvalue weighted by Crippen LogP contribution is -2.12. The highest BCUT2D eigenvalue weighted by atomic mass is 19.4. The fourth-order valence-corrected chi connectivity index (χ4v) is 3.46. The third kappa shape index (κ3) is 5.45. The quantitative estimate of drug-likeness (QED) is 0.462. The molecule has 0 radical (unpaired) electrons. The van der Waals surface area contributed by atoms with Crippen LogP contribution in [0.4, 0.5) is 36.3 Å². The molecule has 1 fully saturated rings. The Morgan fingerprint density at radius 3 is 2.16 bits per heavy atom. The summed E-state index contributed by atoms with van der Waals surface area (Å²) >= 11 is 0. The van der Waals surface area contributed by atoms with Crippen molar-refractivity contribution < 1.29 is 17.9 Å². The highest BCUT2D eigenvalue weighted by molar-refractivity contribution is 5.63. The summed E-state index contributed by atoms with van der Waals surface area (Å²) in [5.41, 5.74) is 1.24. The van der Waals surface area contributed by atoms with E-state index in [4.69, 9.17) is 4.74 Å². The predicted molar refractivity (Wildman–Crippen MR) is 114 cm³/mol. The zero-order chi connectivity index (χ0) is 21.8. The maximum absolute atomic E-state index is 13.4. The number of aryl methyl sites for hydroxylation is 1. The third-order valence-electron chi connectivity index (χ3n) is 5.12. The Kier molecular flexibility index (Phi) is 5.97. The summed E-state index contributed by atoms with van der Waals surface area (Å²) in [6.07, 6.45) is 0.969. The van der Waals surface area contributed by atoms with Gasteiger partial charge >= 0.3 is 6.18 Å². The Labute approximate surface area is 178 Å². The second-order valence-electron chi connectivity index (χ2n) is 7.62. The van der Waals surface area contributed by atoms with Crippen molar-refractivity contribution in [1.82, 2.24) is 9.97 Å². The van der Waals surface area contributed by atoms with Crippen molar-refractivity contribution in [2.24, 2.45) is 0 Å². The van der Waals surface area contributed by atoms with E-state index in [-0.39, 0.29) is 17.9 Å². The number of aromatic nitrogens is 2. The Morgan fingerprint density at radius 1 is 0.903 bits per heavy atom. The maximum atomic E-state index is 13.4. The van der Waals surface area contributed by atoms with Gasteiger partial charge in [0.25, 0.3) is 0 Å². The molecule has 8 heteroatoms. The highest BCUT2D eigenvalue weighted by Crippen LogP contribution is 2.35. The van der Waals surface area contributed by atoms with Gasteiger partial charge in [0.15, 0.2) is 0 Å². The SMILES string of the molecule is Cc1ccc(Nc2nc(Nc3ccc(OC4CCCC4)cc3)ncc2C(F)(F)F)cc1. The highest BCUT2D eigenvalue weighted by Gasteiger charge is 2.35. The monoisotopic (exact) mass is 428 g/mol. The zero-order valence-electron chi connectivity index (χ0n) is 17.0. The number of nitrogens with one attached hydrogen (secondary N) is 2. The molecule has 1 aliphatic rings. The minimum absolute atomic E-state index is 0.0621. The molecule has 31 heavy (non-hydrogen) atoms. The molecule has 4 rings (SSSR count). The number of hydrogen-bond donors (Lipinski definition) is 2. The molecule has 1 heterocycles. The van der Waals surface area contributed by atoms with E-state index in [1.807, 2.05) is 31.2 Å². The maximum Gasteiger partial charge on any atom is 0.421 e. The Morgan fingerprint density at radius 2 is 1.52 bits per heavy atom. The molecule has 162 valence electrons. The lowest BCUT2D eigenvalue weighted by molar-refractivity contribution is -0.137. The summed E-state index contributed by atoms with van der Waals surface area (Å²) in [7, 11) is 0. The van der Waals surface area contributed by atoms with Gasteiger partial charge in [-0.1, -0.05) is 17.7 Å². The van der Waals surface area contributed by atoms with Crippen LogP contribution in [0.15, 0.2) is 54.7 Å². The molecule has 0 unspecified atom stereocenters. The first-order valence-electron chi connectivity index (χ1n) is 10.2. The van der Waals surface area contributed by atoms with E-state index in [2.05, 4.69) is 20.6 Å². The van der Waals surface area contributed by atoms with Gasteiger partial charge in [-0.15, -0.1) is 0 Å². The minimum atomic E-state index is -4.58. The summed E-state index contributed by atoms with van der Waals surface area (Å²) in [6.45, 7) is 1.90. The smallest absolute Gasteiger partial charge is 0.421 e. The molecule has 2 N–H and O–H groups in total. The van der Waals surface area contributed by atoms with Gasteiger partial charge in [0, 0.05) is 17.6 Å². The van der Waals surface area contributed by atoms with Gasteiger partial charge in [0.1, 0.15) is 17.1 Å². The Balaban J connectivity index is 1.52. The standard InChI is InChI=1S/C23H23F3N4O/c1-15-6-8-16(9-7-15)28-21-20(23(24,25)26)14-27-22(30-21)29-17-10-12-19(13-11-17)31-18-4-2-3-5-18/h6-14,18H,2-5H2,1H3,(H2,27,28,29,30). The van der Waals surface area contributed by atoms with Crippen LogP contribution in [0.2, 0.25) is 0 Å². The number of anilines is 4. The topological polar surface area (TPSA) is 59.1 Å². The van der Waals surface area contributed by atoms with Crippen molar-refractivity contribution in [3.8, 4) is 5.75 Å². The van der Waals surface area contributed by atoms with E-state index in [1.54, 1.807) is 24.3 Å². The van der Waals surface area contributed by atoms with Gasteiger partial charge in [-0.3, -0.25) is 0 Å². The van der Waals surface area contributed by atoms with E-state index >= 15 is 0 Å². The van der Waals surface area contributed by atoms with Crippen molar-refractivity contribution in [3.63, 3.8) is 0 Å². The fourth-order valence-electron chi connectivity index (χ4n) is 3.46. The number of hydrogen-bond acceptors (Lipinski definition) is 5. The van der Waals surface area contributed by atoms with Crippen LogP contribution in [-0.2, 0) is 6.18 Å². The molecule has 5 nitrogen and oxygen atoms in total. The molecule has 0 aliphatic heterocycles. The second-order valence-corrected chi connectivity index (χ2v) is 7.62. The molecule has 3 aromatic rings. The van der Waals surface area contributed by atoms with Crippen LogP contribution in [0, 0.1) is 6.92 Å².